The van der Waals surface area contributed by atoms with Crippen molar-refractivity contribution in [2.24, 2.45) is 0 Å². The molecule has 0 fully saturated rings. The van der Waals surface area contributed by atoms with Gasteiger partial charge in [-0.15, -0.1) is 0 Å². The second kappa shape index (κ2) is 5.88. The van der Waals surface area contributed by atoms with Gasteiger partial charge in [0, 0.05) is 0 Å². The maximum absolute atomic E-state index is 12.6. The van der Waals surface area contributed by atoms with E-state index in [1.165, 1.54) is 0 Å². The predicted molar refractivity (Wildman–Crippen MR) is 86.8 cm³/mol. The topological polar surface area (TPSA) is 34.1 Å². The molecule has 2 aromatic carbocycles. The Kier molecular flexibility index (Phi) is 4.42. The van der Waals surface area contributed by atoms with E-state index in [4.69, 9.17) is 0 Å². The highest BCUT2D eigenvalue weighted by atomic mass is 127. The van der Waals surface area contributed by atoms with Crippen molar-refractivity contribution in [2.45, 2.75) is 11.8 Å². The molecule has 0 bridgehead atoms. The monoisotopic (exact) mass is 384 g/mol. The van der Waals surface area contributed by atoms with E-state index in [-0.39, 0.29) is 0 Å². The molecule has 98 valence electrons. The van der Waals surface area contributed by atoms with Crippen molar-refractivity contribution in [3.8, 4) is 0 Å². The number of benzene rings is 2. The van der Waals surface area contributed by atoms with Crippen LogP contribution in [0.4, 0.5) is 0 Å². The van der Waals surface area contributed by atoms with Crippen LogP contribution >= 0.6 is 22.6 Å². The van der Waals surface area contributed by atoms with Crippen molar-refractivity contribution in [1.82, 2.24) is 0 Å². The first-order valence-electron chi connectivity index (χ1n) is 5.73. The minimum atomic E-state index is -3.47. The van der Waals surface area contributed by atoms with Crippen LogP contribution in [0.5, 0.6) is 0 Å². The average molecular weight is 384 g/mol. The molecule has 2 aromatic rings. The first kappa shape index (κ1) is 14.3. The predicted octanol–water partition coefficient (Wildman–Crippen LogP) is 4.20. The fourth-order valence-electron chi connectivity index (χ4n) is 1.72. The van der Waals surface area contributed by atoms with Crippen LogP contribution in [0, 0.1) is 6.92 Å². The molecule has 0 aliphatic rings. The van der Waals surface area contributed by atoms with Gasteiger partial charge in [-0.05, 0) is 28.7 Å². The van der Waals surface area contributed by atoms with E-state index in [0.717, 1.165) is 5.56 Å². The van der Waals surface area contributed by atoms with Gasteiger partial charge in [0.05, 0.1) is 9.80 Å². The molecule has 0 aliphatic heterocycles. The Morgan fingerprint density at radius 1 is 1.00 bits per heavy atom. The molecule has 19 heavy (non-hydrogen) atoms. The van der Waals surface area contributed by atoms with Gasteiger partial charge in [0.1, 0.15) is 0 Å². The lowest BCUT2D eigenvalue weighted by molar-refractivity contribution is 0.606. The summed E-state index contributed by atoms with van der Waals surface area (Å²) in [5.41, 5.74) is 1.75. The van der Waals surface area contributed by atoms with Crippen LogP contribution in [-0.4, -0.2) is 8.42 Å². The van der Waals surface area contributed by atoms with Crippen molar-refractivity contribution in [2.75, 3.05) is 0 Å². The molecule has 0 saturated heterocycles. The van der Waals surface area contributed by atoms with Crippen LogP contribution in [0.3, 0.4) is 0 Å². The zero-order valence-corrected chi connectivity index (χ0v) is 13.4. The van der Waals surface area contributed by atoms with Crippen LogP contribution < -0.4 is 0 Å². The van der Waals surface area contributed by atoms with Crippen LogP contribution in [0.25, 0.3) is 4.91 Å². The summed E-state index contributed by atoms with van der Waals surface area (Å²) in [7, 11) is -3.47. The van der Waals surface area contributed by atoms with Crippen molar-refractivity contribution >= 4 is 37.3 Å². The number of hydrogen-bond donors (Lipinski definition) is 0. The first-order valence-corrected chi connectivity index (χ1v) is 8.46. The van der Waals surface area contributed by atoms with E-state index in [2.05, 4.69) is 0 Å². The molecule has 0 aromatic heterocycles. The maximum atomic E-state index is 12.6. The molecule has 0 amide bonds. The minimum Gasteiger partial charge on any atom is -0.218 e. The normalized spacial score (nSPS) is 12.4. The van der Waals surface area contributed by atoms with Crippen molar-refractivity contribution < 1.29 is 8.42 Å². The molecule has 0 atom stereocenters. The average Bonchev–Trinajstić information content (AvgIpc) is 2.41. The van der Waals surface area contributed by atoms with Gasteiger partial charge in [-0.1, -0.05) is 70.6 Å². The summed E-state index contributed by atoms with van der Waals surface area (Å²) in [6.07, 6.45) is 0. The van der Waals surface area contributed by atoms with E-state index < -0.39 is 9.84 Å². The van der Waals surface area contributed by atoms with E-state index >= 15 is 0 Å². The van der Waals surface area contributed by atoms with Crippen molar-refractivity contribution in [3.63, 3.8) is 0 Å². The molecule has 0 unspecified atom stereocenters. The van der Waals surface area contributed by atoms with Crippen LogP contribution in [0.1, 0.15) is 11.1 Å². The highest BCUT2D eigenvalue weighted by Crippen LogP contribution is 2.29. The van der Waals surface area contributed by atoms with Gasteiger partial charge < -0.3 is 0 Å². The summed E-state index contributed by atoms with van der Waals surface area (Å²) in [6.45, 7) is 1.93. The van der Waals surface area contributed by atoms with Crippen molar-refractivity contribution in [3.05, 3.63) is 69.8 Å². The summed E-state index contributed by atoms with van der Waals surface area (Å²) in [5.74, 6) is 0. The number of aryl methyl sites for hydroxylation is 1. The summed E-state index contributed by atoms with van der Waals surface area (Å²) >= 11 is 1.97. The molecule has 2 nitrogen and oxygen atoms in total. The third-order valence-corrected chi connectivity index (χ3v) is 5.65. The Morgan fingerprint density at radius 3 is 2.11 bits per heavy atom. The highest BCUT2D eigenvalue weighted by molar-refractivity contribution is 14.1. The molecule has 0 N–H and O–H groups in total. The fourth-order valence-corrected chi connectivity index (χ4v) is 4.40. The van der Waals surface area contributed by atoms with E-state index in [1.807, 2.05) is 59.8 Å². The van der Waals surface area contributed by atoms with Gasteiger partial charge in [-0.3, -0.25) is 0 Å². The lowest BCUT2D eigenvalue weighted by atomic mass is 10.2. The third-order valence-electron chi connectivity index (χ3n) is 2.78. The minimum absolute atomic E-state index is 0.324. The second-order valence-corrected chi connectivity index (χ2v) is 6.70. The van der Waals surface area contributed by atoms with Gasteiger partial charge in [-0.2, -0.15) is 0 Å². The Labute approximate surface area is 127 Å². The summed E-state index contributed by atoms with van der Waals surface area (Å²) in [5, 5.41) is 0. The standard InChI is InChI=1S/C15H13IO2S/c1-12-7-9-14(10-8-12)19(17,18)15(11-16)13-5-3-2-4-6-13/h2-11H,1H3/b15-11+. The first-order chi connectivity index (χ1) is 9.05. The molecular weight excluding hydrogens is 371 g/mol. The number of halogens is 1. The van der Waals surface area contributed by atoms with Gasteiger partial charge >= 0.3 is 0 Å². The number of sulfone groups is 1. The Balaban J connectivity index is 2.52. The lowest BCUT2D eigenvalue weighted by Gasteiger charge is -2.09. The summed E-state index contributed by atoms with van der Waals surface area (Å²) < 4.78 is 26.8. The molecule has 0 heterocycles. The van der Waals surface area contributed by atoms with Gasteiger partial charge in [0.25, 0.3) is 0 Å². The zero-order chi connectivity index (χ0) is 13.9. The van der Waals surface area contributed by atoms with Crippen LogP contribution in [-0.2, 0) is 9.84 Å². The van der Waals surface area contributed by atoms with Crippen LogP contribution in [0.2, 0.25) is 0 Å². The molecule has 0 spiro atoms. The smallest absolute Gasteiger partial charge is 0.207 e. The Hall–Kier alpha value is -1.14. The molecule has 0 aliphatic carbocycles. The third kappa shape index (κ3) is 3.06. The number of hydrogen-bond acceptors (Lipinski definition) is 2. The van der Waals surface area contributed by atoms with E-state index in [9.17, 15) is 8.42 Å². The Morgan fingerprint density at radius 2 is 1.58 bits per heavy atom. The molecule has 4 heteroatoms. The molecule has 0 saturated carbocycles. The Bertz CT molecular complexity index is 687. The summed E-state index contributed by atoms with van der Waals surface area (Å²) in [4.78, 5) is 0.655. The largest absolute Gasteiger partial charge is 0.218 e. The molecule has 2 rings (SSSR count). The number of rotatable bonds is 3. The molecule has 0 radical (unpaired) electrons. The second-order valence-electron chi connectivity index (χ2n) is 4.16. The van der Waals surface area contributed by atoms with E-state index in [1.54, 1.807) is 28.3 Å². The van der Waals surface area contributed by atoms with Gasteiger partial charge in [0.2, 0.25) is 9.84 Å². The maximum Gasteiger partial charge on any atom is 0.207 e. The summed E-state index contributed by atoms with van der Waals surface area (Å²) in [6, 6.07) is 16.0. The SMILES string of the molecule is Cc1ccc(S(=O)(=O)/C(=C/I)c2ccccc2)cc1. The van der Waals surface area contributed by atoms with Gasteiger partial charge in [0.15, 0.2) is 0 Å². The van der Waals surface area contributed by atoms with Crippen molar-refractivity contribution in [1.29, 1.82) is 0 Å². The lowest BCUT2D eigenvalue weighted by Crippen LogP contribution is -2.03. The molecular formula is C15H13IO2S. The fraction of sp³-hybridized carbons (Fsp3) is 0.0667. The van der Waals surface area contributed by atoms with E-state index in [0.29, 0.717) is 15.4 Å². The quantitative estimate of drug-likeness (QED) is 0.744. The highest BCUT2D eigenvalue weighted by Gasteiger charge is 2.21. The van der Waals surface area contributed by atoms with Crippen LogP contribution in [0.15, 0.2) is 63.6 Å². The van der Waals surface area contributed by atoms with Gasteiger partial charge in [-0.25, -0.2) is 8.42 Å². The zero-order valence-electron chi connectivity index (χ0n) is 10.4.